The Morgan fingerprint density at radius 2 is 2.14 bits per heavy atom. The molecule has 2 aromatic heterocycles. The zero-order valence-electron chi connectivity index (χ0n) is 15.9. The van der Waals surface area contributed by atoms with Crippen LogP contribution in [-0.2, 0) is 12.8 Å². The molecular weight excluding hydrogens is 388 g/mol. The second-order valence-electron chi connectivity index (χ2n) is 6.96. The number of amides is 1. The first-order valence-corrected chi connectivity index (χ1v) is 11.0. The Kier molecular flexibility index (Phi) is 5.59. The van der Waals surface area contributed by atoms with Crippen molar-refractivity contribution in [2.75, 3.05) is 12.4 Å². The number of methoxy groups -OCH3 is 1. The summed E-state index contributed by atoms with van der Waals surface area (Å²) >= 11 is 3.29. The minimum Gasteiger partial charge on any atom is -0.495 e. The van der Waals surface area contributed by atoms with Gasteiger partial charge in [0.15, 0.2) is 0 Å². The summed E-state index contributed by atoms with van der Waals surface area (Å²) in [6.45, 7) is 2.27. The smallest absolute Gasteiger partial charge is 0.259 e. The summed E-state index contributed by atoms with van der Waals surface area (Å²) in [5, 5.41) is 5.85. The molecule has 28 heavy (non-hydrogen) atoms. The van der Waals surface area contributed by atoms with Gasteiger partial charge < -0.3 is 10.1 Å². The van der Waals surface area contributed by atoms with Gasteiger partial charge in [0.1, 0.15) is 10.8 Å². The van der Waals surface area contributed by atoms with Gasteiger partial charge in [0.25, 0.3) is 5.91 Å². The number of para-hydroxylation sites is 2. The molecule has 0 radical (unpaired) electrons. The molecule has 0 saturated heterocycles. The molecule has 4 rings (SSSR count). The van der Waals surface area contributed by atoms with Gasteiger partial charge in [0.2, 0.25) is 0 Å². The van der Waals surface area contributed by atoms with Gasteiger partial charge in [-0.05, 0) is 54.3 Å². The molecule has 0 unspecified atom stereocenters. The lowest BCUT2D eigenvalue weighted by atomic mass is 9.88. The molecule has 0 aliphatic heterocycles. The van der Waals surface area contributed by atoms with Crippen molar-refractivity contribution >= 4 is 45.5 Å². The lowest BCUT2D eigenvalue weighted by Gasteiger charge is -2.18. The van der Waals surface area contributed by atoms with Gasteiger partial charge in [-0.15, -0.1) is 22.7 Å². The Labute approximate surface area is 172 Å². The largest absolute Gasteiger partial charge is 0.495 e. The number of fused-ring (bicyclic) bond motifs is 1. The molecule has 0 saturated carbocycles. The van der Waals surface area contributed by atoms with Crippen molar-refractivity contribution < 1.29 is 9.53 Å². The average molecular weight is 411 g/mol. The highest BCUT2D eigenvalue weighted by Crippen LogP contribution is 2.41. The van der Waals surface area contributed by atoms with Crippen molar-refractivity contribution in [1.82, 2.24) is 0 Å². The summed E-state index contributed by atoms with van der Waals surface area (Å²) in [4.78, 5) is 20.3. The lowest BCUT2D eigenvalue weighted by Crippen LogP contribution is -2.17. The molecule has 1 atom stereocenters. The fraction of sp³-hybridized carbons (Fsp3) is 0.273. The van der Waals surface area contributed by atoms with E-state index in [9.17, 15) is 4.79 Å². The fourth-order valence-electron chi connectivity index (χ4n) is 3.48. The first kappa shape index (κ1) is 18.9. The number of nitrogens with zero attached hydrogens (tertiary/aromatic N) is 1. The number of benzene rings is 1. The van der Waals surface area contributed by atoms with Crippen molar-refractivity contribution in [3.63, 3.8) is 0 Å². The van der Waals surface area contributed by atoms with Gasteiger partial charge in [0.05, 0.1) is 18.4 Å². The molecule has 6 heteroatoms. The number of nitrogens with one attached hydrogen (secondary N) is 1. The van der Waals surface area contributed by atoms with Gasteiger partial charge in [-0.2, -0.15) is 0 Å². The van der Waals surface area contributed by atoms with Gasteiger partial charge in [-0.3, -0.25) is 4.79 Å². The molecule has 1 N–H and O–H groups in total. The minimum atomic E-state index is -0.116. The van der Waals surface area contributed by atoms with Gasteiger partial charge in [-0.25, -0.2) is 4.99 Å². The number of carbonyl (C=O) groups is 1. The number of thiophene rings is 2. The molecule has 0 fully saturated rings. The van der Waals surface area contributed by atoms with E-state index >= 15 is 0 Å². The highest BCUT2D eigenvalue weighted by atomic mass is 32.1. The minimum absolute atomic E-state index is 0.116. The van der Waals surface area contributed by atoms with Crippen LogP contribution in [0.4, 0.5) is 10.7 Å². The Morgan fingerprint density at radius 1 is 1.29 bits per heavy atom. The van der Waals surface area contributed by atoms with Crippen molar-refractivity contribution in [2.45, 2.75) is 26.2 Å². The van der Waals surface area contributed by atoms with E-state index in [1.807, 2.05) is 48.0 Å². The van der Waals surface area contributed by atoms with E-state index in [0.29, 0.717) is 22.9 Å². The Hall–Kier alpha value is -2.44. The number of carbonyl (C=O) groups excluding carboxylic acids is 1. The van der Waals surface area contributed by atoms with Crippen LogP contribution >= 0.6 is 22.7 Å². The number of hydrogen-bond acceptors (Lipinski definition) is 5. The molecule has 1 aliphatic rings. The summed E-state index contributed by atoms with van der Waals surface area (Å²) in [6.07, 6.45) is 4.90. The standard InChI is InChI=1S/C22H22N2O2S2/c1-14-9-10-16-19(12-14)28-22(23-13-15-6-5-11-27-15)20(16)21(25)24-17-7-3-4-8-18(17)26-2/h3-8,11,13-14H,9-10,12H2,1-2H3,(H,24,25)/t14-/m0/s1. The summed E-state index contributed by atoms with van der Waals surface area (Å²) in [6, 6.07) is 11.5. The van der Waals surface area contributed by atoms with Crippen molar-refractivity contribution in [2.24, 2.45) is 10.9 Å². The van der Waals surface area contributed by atoms with E-state index < -0.39 is 0 Å². The highest BCUT2D eigenvalue weighted by Gasteiger charge is 2.27. The first-order chi connectivity index (χ1) is 13.7. The molecule has 1 aliphatic carbocycles. The quantitative estimate of drug-likeness (QED) is 0.529. The van der Waals surface area contributed by atoms with E-state index in [0.717, 1.165) is 34.7 Å². The third-order valence-electron chi connectivity index (χ3n) is 4.93. The predicted octanol–water partition coefficient (Wildman–Crippen LogP) is 5.95. The molecule has 3 aromatic rings. The predicted molar refractivity (Wildman–Crippen MR) is 118 cm³/mol. The Bertz CT molecular complexity index is 1010. The van der Waals surface area contributed by atoms with Crippen LogP contribution in [0.25, 0.3) is 0 Å². The van der Waals surface area contributed by atoms with Gasteiger partial charge in [-0.1, -0.05) is 25.1 Å². The number of aliphatic imine (C=N–C) groups is 1. The Morgan fingerprint density at radius 3 is 2.93 bits per heavy atom. The van der Waals surface area contributed by atoms with Crippen LogP contribution < -0.4 is 10.1 Å². The van der Waals surface area contributed by atoms with Crippen LogP contribution in [0.3, 0.4) is 0 Å². The maximum absolute atomic E-state index is 13.2. The summed E-state index contributed by atoms with van der Waals surface area (Å²) in [7, 11) is 1.61. The van der Waals surface area contributed by atoms with Crippen LogP contribution in [-0.4, -0.2) is 19.2 Å². The summed E-state index contributed by atoms with van der Waals surface area (Å²) in [5.74, 6) is 1.18. The normalized spacial score (nSPS) is 16.1. The average Bonchev–Trinajstić information content (AvgIpc) is 3.33. The number of anilines is 1. The second kappa shape index (κ2) is 8.29. The fourth-order valence-corrected chi connectivity index (χ4v) is 5.42. The molecule has 0 spiro atoms. The molecule has 2 heterocycles. The molecular formula is C22H22N2O2S2. The maximum atomic E-state index is 13.2. The van der Waals surface area contributed by atoms with Crippen LogP contribution in [0, 0.1) is 5.92 Å². The number of hydrogen-bond donors (Lipinski definition) is 1. The van der Waals surface area contributed by atoms with Crippen molar-refractivity contribution in [3.05, 3.63) is 62.7 Å². The number of ether oxygens (including phenoxy) is 1. The SMILES string of the molecule is COc1ccccc1NC(=O)c1c(N=Cc2cccs2)sc2c1CC[C@H](C)C2. The van der Waals surface area contributed by atoms with E-state index in [-0.39, 0.29) is 5.91 Å². The van der Waals surface area contributed by atoms with Crippen molar-refractivity contribution in [1.29, 1.82) is 0 Å². The summed E-state index contributed by atoms with van der Waals surface area (Å²) in [5.41, 5.74) is 2.55. The van der Waals surface area contributed by atoms with Crippen molar-refractivity contribution in [3.8, 4) is 5.75 Å². The van der Waals surface area contributed by atoms with E-state index in [2.05, 4.69) is 12.2 Å². The molecule has 1 aromatic carbocycles. The van der Waals surface area contributed by atoms with E-state index in [1.165, 1.54) is 4.88 Å². The molecule has 4 nitrogen and oxygen atoms in total. The molecule has 144 valence electrons. The molecule has 1 amide bonds. The Balaban J connectivity index is 1.70. The summed E-state index contributed by atoms with van der Waals surface area (Å²) < 4.78 is 5.38. The first-order valence-electron chi connectivity index (χ1n) is 9.32. The maximum Gasteiger partial charge on any atom is 0.259 e. The van der Waals surface area contributed by atoms with Gasteiger partial charge in [0, 0.05) is 16.0 Å². The highest BCUT2D eigenvalue weighted by molar-refractivity contribution is 7.16. The second-order valence-corrected chi connectivity index (χ2v) is 9.02. The van der Waals surface area contributed by atoms with Crippen LogP contribution in [0.1, 0.15) is 39.0 Å². The van der Waals surface area contributed by atoms with Gasteiger partial charge >= 0.3 is 0 Å². The monoisotopic (exact) mass is 410 g/mol. The zero-order valence-corrected chi connectivity index (χ0v) is 17.5. The number of rotatable bonds is 5. The lowest BCUT2D eigenvalue weighted by molar-refractivity contribution is 0.102. The van der Waals surface area contributed by atoms with Crippen LogP contribution in [0.2, 0.25) is 0 Å². The molecule has 0 bridgehead atoms. The van der Waals surface area contributed by atoms with E-state index in [1.54, 1.807) is 29.8 Å². The third kappa shape index (κ3) is 3.88. The van der Waals surface area contributed by atoms with Crippen LogP contribution in [0.15, 0.2) is 46.8 Å². The van der Waals surface area contributed by atoms with Crippen LogP contribution in [0.5, 0.6) is 5.75 Å². The zero-order chi connectivity index (χ0) is 19.5. The van der Waals surface area contributed by atoms with E-state index in [4.69, 9.17) is 9.73 Å². The third-order valence-corrected chi connectivity index (χ3v) is 6.90. The topological polar surface area (TPSA) is 50.7 Å².